The van der Waals surface area contributed by atoms with E-state index in [1.807, 2.05) is 0 Å². The SMILES string of the molecule is CCC/C=C\C/C=C\CCCCC(=O)OC1CCC2(C)C(=CCC3C2CCC2(C)C(C(C)CCC(CC)C(C)C)CCC32)C1. The van der Waals surface area contributed by atoms with E-state index in [-0.39, 0.29) is 12.1 Å². The van der Waals surface area contributed by atoms with Crippen LogP contribution in [0.4, 0.5) is 0 Å². The van der Waals surface area contributed by atoms with E-state index in [2.05, 4.69) is 78.8 Å². The summed E-state index contributed by atoms with van der Waals surface area (Å²) in [6.07, 6.45) is 33.2. The summed E-state index contributed by atoms with van der Waals surface area (Å²) in [5.41, 5.74) is 2.49. The maximum atomic E-state index is 12.7. The minimum Gasteiger partial charge on any atom is -0.462 e. The predicted molar refractivity (Wildman–Crippen MR) is 188 cm³/mol. The van der Waals surface area contributed by atoms with Crippen molar-refractivity contribution in [3.8, 4) is 0 Å². The first kappa shape index (κ1) is 35.5. The second kappa shape index (κ2) is 16.5. The molecular formula is C42H70O2. The van der Waals surface area contributed by atoms with Gasteiger partial charge in [0.25, 0.3) is 0 Å². The minimum absolute atomic E-state index is 0.0255. The van der Waals surface area contributed by atoms with E-state index in [4.69, 9.17) is 4.74 Å². The third-order valence-corrected chi connectivity index (χ3v) is 13.6. The Balaban J connectivity index is 1.25. The van der Waals surface area contributed by atoms with Crippen LogP contribution in [0.15, 0.2) is 36.0 Å². The van der Waals surface area contributed by atoms with Crippen molar-refractivity contribution in [1.82, 2.24) is 0 Å². The summed E-state index contributed by atoms with van der Waals surface area (Å²) in [6, 6.07) is 0. The van der Waals surface area contributed by atoms with Gasteiger partial charge >= 0.3 is 5.97 Å². The van der Waals surface area contributed by atoms with Crippen LogP contribution in [0.25, 0.3) is 0 Å². The van der Waals surface area contributed by atoms with Crippen molar-refractivity contribution in [3.63, 3.8) is 0 Å². The Bertz CT molecular complexity index is 988. The molecule has 4 rings (SSSR count). The van der Waals surface area contributed by atoms with Gasteiger partial charge in [-0.2, -0.15) is 0 Å². The molecule has 4 aliphatic carbocycles. The normalized spacial score (nSPS) is 34.9. The van der Waals surface area contributed by atoms with E-state index in [0.29, 0.717) is 17.3 Å². The lowest BCUT2D eigenvalue weighted by atomic mass is 9.47. The third kappa shape index (κ3) is 8.34. The number of ether oxygens (including phenoxy) is 1. The molecule has 0 saturated heterocycles. The topological polar surface area (TPSA) is 26.3 Å². The highest BCUT2D eigenvalue weighted by molar-refractivity contribution is 5.69. The van der Waals surface area contributed by atoms with Gasteiger partial charge in [-0.1, -0.05) is 104 Å². The maximum Gasteiger partial charge on any atom is 0.306 e. The Morgan fingerprint density at radius 2 is 1.70 bits per heavy atom. The molecular weight excluding hydrogens is 536 g/mol. The standard InChI is InChI=1S/C42H70O2/c1-8-10-11-12-13-14-15-16-17-18-19-40(43)44-35-26-28-41(6)34(30-35)22-23-36-38-25-24-37(42(38,7)29-27-39(36)41)32(5)20-21-33(9-2)31(3)4/h11-12,14-15,22,31-33,35-39H,8-10,13,16-21,23-30H2,1-7H3/b12-11-,15-14-. The van der Waals surface area contributed by atoms with Gasteiger partial charge in [-0.25, -0.2) is 0 Å². The molecule has 2 nitrogen and oxygen atoms in total. The fourth-order valence-corrected chi connectivity index (χ4v) is 10.8. The molecule has 0 aromatic rings. The first-order valence-electron chi connectivity index (χ1n) is 19.3. The molecule has 2 heteroatoms. The van der Waals surface area contributed by atoms with Crippen LogP contribution < -0.4 is 0 Å². The van der Waals surface area contributed by atoms with Crippen molar-refractivity contribution in [2.75, 3.05) is 0 Å². The van der Waals surface area contributed by atoms with Crippen molar-refractivity contribution in [3.05, 3.63) is 36.0 Å². The van der Waals surface area contributed by atoms with Gasteiger partial charge in [0, 0.05) is 12.8 Å². The molecule has 3 fully saturated rings. The molecule has 44 heavy (non-hydrogen) atoms. The van der Waals surface area contributed by atoms with E-state index < -0.39 is 0 Å². The largest absolute Gasteiger partial charge is 0.462 e. The number of carbonyl (C=O) groups excluding carboxylic acids is 1. The summed E-state index contributed by atoms with van der Waals surface area (Å²) in [5, 5.41) is 0. The molecule has 0 amide bonds. The Morgan fingerprint density at radius 1 is 0.932 bits per heavy atom. The molecule has 0 aromatic heterocycles. The van der Waals surface area contributed by atoms with E-state index in [1.54, 1.807) is 5.57 Å². The van der Waals surface area contributed by atoms with Crippen molar-refractivity contribution >= 4 is 5.97 Å². The molecule has 9 unspecified atom stereocenters. The first-order chi connectivity index (χ1) is 21.1. The monoisotopic (exact) mass is 607 g/mol. The predicted octanol–water partition coefficient (Wildman–Crippen LogP) is 12.4. The van der Waals surface area contributed by atoms with Gasteiger partial charge in [-0.05, 0) is 136 Å². The number of carbonyl (C=O) groups is 1. The molecule has 0 spiro atoms. The van der Waals surface area contributed by atoms with Crippen LogP contribution in [-0.4, -0.2) is 12.1 Å². The van der Waals surface area contributed by atoms with E-state index in [1.165, 1.54) is 70.6 Å². The molecule has 0 aliphatic heterocycles. The van der Waals surface area contributed by atoms with E-state index in [0.717, 1.165) is 80.0 Å². The number of esters is 1. The quantitative estimate of drug-likeness (QED) is 0.0992. The smallest absolute Gasteiger partial charge is 0.306 e. The number of allylic oxidation sites excluding steroid dienone is 5. The van der Waals surface area contributed by atoms with Crippen LogP contribution in [0.2, 0.25) is 0 Å². The first-order valence-corrected chi connectivity index (χ1v) is 19.3. The molecule has 0 aromatic carbocycles. The molecule has 250 valence electrons. The lowest BCUT2D eigenvalue weighted by Gasteiger charge is -2.58. The highest BCUT2D eigenvalue weighted by Gasteiger charge is 2.59. The van der Waals surface area contributed by atoms with Crippen molar-refractivity contribution in [2.24, 2.45) is 52.3 Å². The van der Waals surface area contributed by atoms with Gasteiger partial charge < -0.3 is 4.74 Å². The van der Waals surface area contributed by atoms with Crippen LogP contribution >= 0.6 is 0 Å². The van der Waals surface area contributed by atoms with Gasteiger partial charge in [0.1, 0.15) is 6.10 Å². The second-order valence-corrected chi connectivity index (χ2v) is 16.5. The lowest BCUT2D eigenvalue weighted by Crippen LogP contribution is -2.51. The fraction of sp³-hybridized carbons (Fsp3) is 0.833. The number of hydrogen-bond acceptors (Lipinski definition) is 2. The Morgan fingerprint density at radius 3 is 2.43 bits per heavy atom. The molecule has 4 aliphatic rings. The number of hydrogen-bond donors (Lipinski definition) is 0. The summed E-state index contributed by atoms with van der Waals surface area (Å²) in [6.45, 7) is 17.4. The van der Waals surface area contributed by atoms with Crippen molar-refractivity contribution in [2.45, 2.75) is 170 Å². The zero-order chi connectivity index (χ0) is 31.7. The van der Waals surface area contributed by atoms with E-state index in [9.17, 15) is 4.79 Å². The second-order valence-electron chi connectivity index (χ2n) is 16.5. The zero-order valence-electron chi connectivity index (χ0n) is 30.0. The summed E-state index contributed by atoms with van der Waals surface area (Å²) < 4.78 is 6.09. The maximum absolute atomic E-state index is 12.7. The van der Waals surface area contributed by atoms with Gasteiger partial charge in [0.15, 0.2) is 0 Å². The van der Waals surface area contributed by atoms with Crippen LogP contribution in [0.1, 0.15) is 164 Å². The minimum atomic E-state index is 0.0255. The highest BCUT2D eigenvalue weighted by atomic mass is 16.5. The number of unbranched alkanes of at least 4 members (excludes halogenated alkanes) is 3. The van der Waals surface area contributed by atoms with Crippen molar-refractivity contribution in [1.29, 1.82) is 0 Å². The van der Waals surface area contributed by atoms with Crippen molar-refractivity contribution < 1.29 is 9.53 Å². The molecule has 3 saturated carbocycles. The summed E-state index contributed by atoms with van der Waals surface area (Å²) in [5.74, 6) is 6.10. The van der Waals surface area contributed by atoms with Gasteiger partial charge in [0.05, 0.1) is 0 Å². The highest BCUT2D eigenvalue weighted by Crippen LogP contribution is 2.67. The Hall–Kier alpha value is -1.31. The Kier molecular flexibility index (Phi) is 13.3. The molecule has 0 radical (unpaired) electrons. The molecule has 0 bridgehead atoms. The third-order valence-electron chi connectivity index (χ3n) is 13.6. The summed E-state index contributed by atoms with van der Waals surface area (Å²) >= 11 is 0. The summed E-state index contributed by atoms with van der Waals surface area (Å²) in [4.78, 5) is 12.7. The number of rotatable bonds is 16. The number of fused-ring (bicyclic) bond motifs is 5. The fourth-order valence-electron chi connectivity index (χ4n) is 10.8. The molecule has 0 heterocycles. The molecule has 9 atom stereocenters. The zero-order valence-corrected chi connectivity index (χ0v) is 30.0. The Labute approximate surface area is 273 Å². The summed E-state index contributed by atoms with van der Waals surface area (Å²) in [7, 11) is 0. The van der Waals surface area contributed by atoms with E-state index >= 15 is 0 Å². The average Bonchev–Trinajstić information content (AvgIpc) is 3.35. The molecule has 0 N–H and O–H groups in total. The average molecular weight is 607 g/mol. The van der Waals surface area contributed by atoms with Gasteiger partial charge in [-0.3, -0.25) is 4.79 Å². The van der Waals surface area contributed by atoms with Crippen LogP contribution in [0.3, 0.4) is 0 Å². The van der Waals surface area contributed by atoms with Gasteiger partial charge in [0.2, 0.25) is 0 Å². The van der Waals surface area contributed by atoms with Crippen LogP contribution in [0.5, 0.6) is 0 Å². The van der Waals surface area contributed by atoms with Crippen LogP contribution in [-0.2, 0) is 9.53 Å². The van der Waals surface area contributed by atoms with Crippen LogP contribution in [0, 0.1) is 52.3 Å². The van der Waals surface area contributed by atoms with Gasteiger partial charge in [-0.15, -0.1) is 0 Å². The lowest BCUT2D eigenvalue weighted by molar-refractivity contribution is -0.151.